The van der Waals surface area contributed by atoms with Crippen molar-refractivity contribution in [3.63, 3.8) is 0 Å². The highest BCUT2D eigenvalue weighted by Gasteiger charge is 2.26. The van der Waals surface area contributed by atoms with Gasteiger partial charge in [0.1, 0.15) is 5.82 Å². The minimum atomic E-state index is 0.512. The van der Waals surface area contributed by atoms with E-state index in [0.717, 1.165) is 38.5 Å². The van der Waals surface area contributed by atoms with Gasteiger partial charge in [0.15, 0.2) is 0 Å². The molecule has 0 saturated carbocycles. The zero-order valence-electron chi connectivity index (χ0n) is 14.0. The highest BCUT2D eigenvalue weighted by Crippen LogP contribution is 2.21. The molecule has 1 fully saturated rings. The van der Waals surface area contributed by atoms with Crippen molar-refractivity contribution in [1.29, 1.82) is 0 Å². The predicted octanol–water partition coefficient (Wildman–Crippen LogP) is 2.50. The van der Waals surface area contributed by atoms with Crippen LogP contribution >= 0.6 is 0 Å². The van der Waals surface area contributed by atoms with Crippen LogP contribution in [0.1, 0.15) is 39.7 Å². The first-order valence-electron chi connectivity index (χ1n) is 8.31. The van der Waals surface area contributed by atoms with Gasteiger partial charge in [-0.15, -0.1) is 0 Å². The first kappa shape index (κ1) is 16.2. The van der Waals surface area contributed by atoms with Gasteiger partial charge in [-0.25, -0.2) is 4.98 Å². The lowest BCUT2D eigenvalue weighted by molar-refractivity contribution is 0.232. The van der Waals surface area contributed by atoms with Gasteiger partial charge in [-0.3, -0.25) is 4.90 Å². The Morgan fingerprint density at radius 3 is 2.67 bits per heavy atom. The lowest BCUT2D eigenvalue weighted by Gasteiger charge is -2.26. The average molecular weight is 290 g/mol. The molecular formula is C17H30N4. The number of aromatic nitrogens is 1. The Labute approximate surface area is 129 Å². The molecule has 4 heteroatoms. The van der Waals surface area contributed by atoms with Crippen LogP contribution < -0.4 is 10.2 Å². The molecule has 1 atom stereocenters. The molecule has 0 amide bonds. The molecule has 2 rings (SSSR count). The lowest BCUT2D eigenvalue weighted by Crippen LogP contribution is -2.37. The molecule has 0 radical (unpaired) electrons. The van der Waals surface area contributed by atoms with E-state index < -0.39 is 0 Å². The summed E-state index contributed by atoms with van der Waals surface area (Å²) in [6, 6.07) is 5.56. The summed E-state index contributed by atoms with van der Waals surface area (Å²) in [6.07, 6.45) is 3.26. The van der Waals surface area contributed by atoms with Crippen LogP contribution in [0.4, 0.5) is 5.82 Å². The quantitative estimate of drug-likeness (QED) is 0.836. The van der Waals surface area contributed by atoms with E-state index in [1.54, 1.807) is 0 Å². The minimum absolute atomic E-state index is 0.512. The van der Waals surface area contributed by atoms with Crippen LogP contribution in [0, 0.1) is 0 Å². The summed E-state index contributed by atoms with van der Waals surface area (Å²) in [6.45, 7) is 14.2. The van der Waals surface area contributed by atoms with E-state index in [1.807, 2.05) is 6.20 Å². The van der Waals surface area contributed by atoms with Crippen molar-refractivity contribution in [3.05, 3.63) is 23.9 Å². The number of nitrogens with one attached hydrogen (secondary N) is 1. The fourth-order valence-electron chi connectivity index (χ4n) is 3.02. The van der Waals surface area contributed by atoms with Gasteiger partial charge >= 0.3 is 0 Å². The van der Waals surface area contributed by atoms with Crippen LogP contribution in [0.2, 0.25) is 0 Å². The number of nitrogens with zero attached hydrogens (tertiary/aromatic N) is 3. The molecule has 118 valence electrons. The molecule has 0 bridgehead atoms. The summed E-state index contributed by atoms with van der Waals surface area (Å²) in [5.74, 6) is 1.12. The normalized spacial score (nSPS) is 19.0. The number of anilines is 1. The first-order valence-corrected chi connectivity index (χ1v) is 8.31. The molecule has 4 nitrogen and oxygen atoms in total. The van der Waals surface area contributed by atoms with Crippen molar-refractivity contribution in [2.45, 2.75) is 52.7 Å². The second kappa shape index (κ2) is 7.76. The number of pyridine rings is 1. The molecule has 0 aromatic carbocycles. The third kappa shape index (κ3) is 4.42. The Morgan fingerprint density at radius 1 is 1.33 bits per heavy atom. The Morgan fingerprint density at radius 2 is 2.10 bits per heavy atom. The van der Waals surface area contributed by atoms with Crippen LogP contribution in [0.25, 0.3) is 0 Å². The summed E-state index contributed by atoms with van der Waals surface area (Å²) in [4.78, 5) is 9.63. The Hall–Kier alpha value is -1.13. The molecule has 1 saturated heterocycles. The van der Waals surface area contributed by atoms with Gasteiger partial charge in [0.2, 0.25) is 0 Å². The summed E-state index contributed by atoms with van der Waals surface area (Å²) in [7, 11) is 0. The van der Waals surface area contributed by atoms with Crippen molar-refractivity contribution >= 4 is 5.82 Å². The molecule has 0 spiro atoms. The molecule has 1 aliphatic rings. The Balaban J connectivity index is 1.91. The largest absolute Gasteiger partial charge is 0.355 e. The van der Waals surface area contributed by atoms with Crippen LogP contribution in [0.5, 0.6) is 0 Å². The number of likely N-dealkylation sites (N-methyl/N-ethyl adjacent to an activating group) is 1. The summed E-state index contributed by atoms with van der Waals surface area (Å²) in [5.41, 5.74) is 1.26. The molecule has 1 aromatic rings. The van der Waals surface area contributed by atoms with Gasteiger partial charge in [0.25, 0.3) is 0 Å². The van der Waals surface area contributed by atoms with E-state index in [4.69, 9.17) is 0 Å². The molecule has 1 aromatic heterocycles. The fourth-order valence-corrected chi connectivity index (χ4v) is 3.02. The first-order chi connectivity index (χ1) is 10.1. The van der Waals surface area contributed by atoms with Gasteiger partial charge in [-0.05, 0) is 31.1 Å². The van der Waals surface area contributed by atoms with Crippen molar-refractivity contribution < 1.29 is 0 Å². The minimum Gasteiger partial charge on any atom is -0.355 e. The molecule has 1 unspecified atom stereocenters. The second-order valence-electron chi connectivity index (χ2n) is 6.17. The Bertz CT molecular complexity index is 411. The zero-order valence-corrected chi connectivity index (χ0v) is 14.0. The van der Waals surface area contributed by atoms with Crippen molar-refractivity contribution in [2.24, 2.45) is 0 Å². The highest BCUT2D eigenvalue weighted by atomic mass is 15.3. The van der Waals surface area contributed by atoms with Gasteiger partial charge in [0, 0.05) is 37.9 Å². The van der Waals surface area contributed by atoms with Crippen LogP contribution in [0.15, 0.2) is 18.3 Å². The summed E-state index contributed by atoms with van der Waals surface area (Å²) >= 11 is 0. The van der Waals surface area contributed by atoms with E-state index in [9.17, 15) is 0 Å². The molecular weight excluding hydrogens is 260 g/mol. The van der Waals surface area contributed by atoms with E-state index in [2.05, 4.69) is 59.9 Å². The van der Waals surface area contributed by atoms with Gasteiger partial charge in [-0.1, -0.05) is 33.8 Å². The number of hydrogen-bond acceptors (Lipinski definition) is 4. The van der Waals surface area contributed by atoms with E-state index in [-0.39, 0.29) is 0 Å². The lowest BCUT2D eigenvalue weighted by atomic mass is 10.2. The maximum absolute atomic E-state index is 4.65. The summed E-state index contributed by atoms with van der Waals surface area (Å²) in [5, 5.41) is 3.43. The summed E-state index contributed by atoms with van der Waals surface area (Å²) < 4.78 is 0. The second-order valence-corrected chi connectivity index (χ2v) is 6.17. The monoisotopic (exact) mass is 290 g/mol. The van der Waals surface area contributed by atoms with Crippen LogP contribution in [0.3, 0.4) is 0 Å². The molecule has 0 aliphatic carbocycles. The molecule has 21 heavy (non-hydrogen) atoms. The van der Waals surface area contributed by atoms with Crippen molar-refractivity contribution in [3.8, 4) is 0 Å². The van der Waals surface area contributed by atoms with Crippen LogP contribution in [-0.4, -0.2) is 48.1 Å². The third-order valence-electron chi connectivity index (χ3n) is 4.34. The topological polar surface area (TPSA) is 31.4 Å². The predicted molar refractivity (Wildman–Crippen MR) is 89.8 cm³/mol. The standard InChI is InChI=1S/C17H30N4/c1-5-20(6-2)16-9-10-21(13-16)17-8-7-15(12-19-17)11-18-14(3)4/h7-8,12,14,16,18H,5-6,9-11,13H2,1-4H3. The van der Waals surface area contributed by atoms with E-state index in [1.165, 1.54) is 12.0 Å². The van der Waals surface area contributed by atoms with E-state index >= 15 is 0 Å². The van der Waals surface area contributed by atoms with Crippen LogP contribution in [-0.2, 0) is 6.54 Å². The number of hydrogen-bond donors (Lipinski definition) is 1. The average Bonchev–Trinajstić information content (AvgIpc) is 2.97. The molecule has 1 aliphatic heterocycles. The van der Waals surface area contributed by atoms with Gasteiger partial charge in [-0.2, -0.15) is 0 Å². The Kier molecular flexibility index (Phi) is 6.00. The van der Waals surface area contributed by atoms with Gasteiger partial charge in [0.05, 0.1) is 0 Å². The SMILES string of the molecule is CCN(CC)C1CCN(c2ccc(CNC(C)C)cn2)C1. The molecule has 1 N–H and O–H groups in total. The maximum atomic E-state index is 4.65. The highest BCUT2D eigenvalue weighted by molar-refractivity contribution is 5.41. The van der Waals surface area contributed by atoms with Crippen molar-refractivity contribution in [2.75, 3.05) is 31.1 Å². The smallest absolute Gasteiger partial charge is 0.128 e. The third-order valence-corrected chi connectivity index (χ3v) is 4.34. The van der Waals surface area contributed by atoms with E-state index in [0.29, 0.717) is 12.1 Å². The van der Waals surface area contributed by atoms with Crippen molar-refractivity contribution in [1.82, 2.24) is 15.2 Å². The number of rotatable bonds is 7. The zero-order chi connectivity index (χ0) is 15.2. The fraction of sp³-hybridized carbons (Fsp3) is 0.706. The van der Waals surface area contributed by atoms with Gasteiger partial charge < -0.3 is 10.2 Å². The molecule has 2 heterocycles. The maximum Gasteiger partial charge on any atom is 0.128 e.